The number of allylic oxidation sites excluding steroid dienone is 2. The second-order valence-electron chi connectivity index (χ2n) is 22.8. The fourth-order valence-electron chi connectivity index (χ4n) is 13.6. The number of unbranched alkanes of at least 4 members (excludes halogenated alkanes) is 2. The number of carbonyl (C=O) groups is 5. The molecular formula is C48H78N2O8. The first-order valence-electron chi connectivity index (χ1n) is 22.7. The van der Waals surface area contributed by atoms with Gasteiger partial charge < -0.3 is 25.6 Å². The Morgan fingerprint density at radius 2 is 1.52 bits per heavy atom. The lowest BCUT2D eigenvalue weighted by Gasteiger charge is -2.71. The lowest BCUT2D eigenvalue weighted by atomic mass is 9.33. The molecule has 5 aliphatic rings. The molecule has 0 saturated heterocycles. The molecule has 10 nitrogen and oxygen atoms in total. The third kappa shape index (κ3) is 8.64. The van der Waals surface area contributed by atoms with Gasteiger partial charge in [-0.25, -0.2) is 4.79 Å². The van der Waals surface area contributed by atoms with Gasteiger partial charge in [-0.05, 0) is 128 Å². The molecule has 3 unspecified atom stereocenters. The van der Waals surface area contributed by atoms with Gasteiger partial charge in [0.15, 0.2) is 0 Å². The predicted molar refractivity (Wildman–Crippen MR) is 225 cm³/mol. The summed E-state index contributed by atoms with van der Waals surface area (Å²) in [5.41, 5.74) is 0.482. The summed E-state index contributed by atoms with van der Waals surface area (Å²) in [6, 6.07) is -0.883. The van der Waals surface area contributed by atoms with Crippen LogP contribution in [0.1, 0.15) is 179 Å². The fraction of sp³-hybridized carbons (Fsp3) is 0.854. The molecule has 328 valence electrons. The highest BCUT2D eigenvalue weighted by atomic mass is 16.5. The summed E-state index contributed by atoms with van der Waals surface area (Å²) in [4.78, 5) is 63.1. The maximum atomic E-state index is 14.5. The minimum absolute atomic E-state index is 0.0231. The maximum Gasteiger partial charge on any atom is 0.326 e. The van der Waals surface area contributed by atoms with Crippen LogP contribution in [0.5, 0.6) is 0 Å². The number of carboxylic acid groups (broad SMARTS) is 2. The quantitative estimate of drug-likeness (QED) is 0.0723. The Kier molecular flexibility index (Phi) is 13.1. The SMILES string of the molecule is CC(C)[C@H](NC(=O)CCCCCNC(=O)[C@]12CCC(C)(C)CC1C1=CCC3[C@@]4(C)CC[C@H](OC(=O)CC(C)(C)CC(=O)O)C(C)(C)C4CC[C@@]3(C)[C@]1(C)CC2)C(=O)O. The van der Waals surface area contributed by atoms with Crippen molar-refractivity contribution in [3.05, 3.63) is 11.6 Å². The minimum Gasteiger partial charge on any atom is -0.481 e. The Bertz CT molecular complexity index is 1630. The number of hydrogen-bond donors (Lipinski definition) is 4. The number of rotatable bonds is 15. The third-order valence-corrected chi connectivity index (χ3v) is 17.2. The lowest BCUT2D eigenvalue weighted by molar-refractivity contribution is -0.213. The van der Waals surface area contributed by atoms with Crippen LogP contribution < -0.4 is 10.6 Å². The van der Waals surface area contributed by atoms with E-state index in [1.54, 1.807) is 13.8 Å². The van der Waals surface area contributed by atoms with E-state index in [9.17, 15) is 34.2 Å². The highest BCUT2D eigenvalue weighted by Crippen LogP contribution is 2.76. The molecule has 4 saturated carbocycles. The molecule has 9 atom stereocenters. The molecule has 4 fully saturated rings. The molecule has 5 aliphatic carbocycles. The standard InChI is InChI=1S/C48H78N2O8/c1-30(2)39(40(55)56)50-36(51)15-13-12-14-26-49-41(57)48-24-22-42(3,4)27-32(48)31-16-17-34-45(9)20-19-35(58-38(54)29-43(5,6)28-37(52)53)44(7,8)33(45)18-21-47(34,11)46(31,10)23-25-48/h16,30,32-35,39H,12-15,17-29H2,1-11H3,(H,49,57)(H,50,51)(H,52,53)(H,55,56)/t32?,33?,34?,35-,39-,45-,46+,47+,48-/m0/s1. The van der Waals surface area contributed by atoms with Gasteiger partial charge in [0.25, 0.3) is 0 Å². The van der Waals surface area contributed by atoms with Gasteiger partial charge in [-0.1, -0.05) is 94.2 Å². The molecule has 5 rings (SSSR count). The van der Waals surface area contributed by atoms with Crippen molar-refractivity contribution in [2.24, 2.45) is 61.6 Å². The molecule has 0 aromatic heterocycles. The summed E-state index contributed by atoms with van der Waals surface area (Å²) >= 11 is 0. The number of carboxylic acids is 2. The Morgan fingerprint density at radius 3 is 2.16 bits per heavy atom. The number of carbonyl (C=O) groups excluding carboxylic acids is 3. The van der Waals surface area contributed by atoms with Crippen molar-refractivity contribution in [2.75, 3.05) is 6.54 Å². The number of aliphatic carboxylic acids is 2. The number of amides is 2. The summed E-state index contributed by atoms with van der Waals surface area (Å²) < 4.78 is 6.26. The second kappa shape index (κ2) is 16.5. The number of fused-ring (bicyclic) bond motifs is 7. The molecule has 4 N–H and O–H groups in total. The van der Waals surface area contributed by atoms with Crippen LogP contribution in [0.3, 0.4) is 0 Å². The first kappa shape index (κ1) is 46.2. The van der Waals surface area contributed by atoms with Crippen LogP contribution in [0.25, 0.3) is 0 Å². The molecule has 0 aliphatic heterocycles. The van der Waals surface area contributed by atoms with Gasteiger partial charge in [0, 0.05) is 18.4 Å². The molecule has 0 aromatic rings. The number of nitrogens with one attached hydrogen (secondary N) is 2. The van der Waals surface area contributed by atoms with Gasteiger partial charge in [0.2, 0.25) is 11.8 Å². The van der Waals surface area contributed by atoms with E-state index < -0.39 is 28.8 Å². The van der Waals surface area contributed by atoms with Crippen LogP contribution in [-0.4, -0.2) is 58.6 Å². The van der Waals surface area contributed by atoms with E-state index in [-0.39, 0.29) is 82.1 Å². The molecule has 10 heteroatoms. The average molecular weight is 811 g/mol. The van der Waals surface area contributed by atoms with Crippen LogP contribution in [0.15, 0.2) is 11.6 Å². The number of ether oxygens (including phenoxy) is 1. The number of hydrogen-bond acceptors (Lipinski definition) is 6. The summed E-state index contributed by atoms with van der Waals surface area (Å²) in [5.74, 6) is -1.40. The molecule has 2 amide bonds. The first-order chi connectivity index (χ1) is 26.7. The van der Waals surface area contributed by atoms with E-state index in [4.69, 9.17) is 4.74 Å². The lowest BCUT2D eigenvalue weighted by Crippen LogP contribution is -2.65. The molecule has 0 heterocycles. The first-order valence-corrected chi connectivity index (χ1v) is 22.7. The summed E-state index contributed by atoms with van der Waals surface area (Å²) in [6.07, 6.45) is 14.7. The van der Waals surface area contributed by atoms with E-state index in [0.29, 0.717) is 24.8 Å². The molecule has 0 bridgehead atoms. The molecular weight excluding hydrogens is 733 g/mol. The van der Waals surface area contributed by atoms with Crippen molar-refractivity contribution in [3.8, 4) is 0 Å². The Balaban J connectivity index is 1.28. The highest BCUT2D eigenvalue weighted by Gasteiger charge is 2.69. The average Bonchev–Trinajstić information content (AvgIpc) is 3.08. The predicted octanol–water partition coefficient (Wildman–Crippen LogP) is 9.49. The summed E-state index contributed by atoms with van der Waals surface area (Å²) in [5, 5.41) is 24.8. The molecule has 0 radical (unpaired) electrons. The summed E-state index contributed by atoms with van der Waals surface area (Å²) in [7, 11) is 0. The van der Waals surface area contributed by atoms with Crippen LogP contribution in [0.2, 0.25) is 0 Å². The highest BCUT2D eigenvalue weighted by molar-refractivity contribution is 5.84. The fourth-order valence-corrected chi connectivity index (χ4v) is 13.6. The van der Waals surface area contributed by atoms with Gasteiger partial charge in [-0.2, -0.15) is 0 Å². The molecule has 58 heavy (non-hydrogen) atoms. The monoisotopic (exact) mass is 811 g/mol. The van der Waals surface area contributed by atoms with Crippen LogP contribution in [0.4, 0.5) is 0 Å². The topological polar surface area (TPSA) is 159 Å². The van der Waals surface area contributed by atoms with E-state index in [2.05, 4.69) is 65.2 Å². The van der Waals surface area contributed by atoms with E-state index in [0.717, 1.165) is 77.0 Å². The van der Waals surface area contributed by atoms with Crippen molar-refractivity contribution in [1.82, 2.24) is 10.6 Å². The van der Waals surface area contributed by atoms with E-state index in [1.165, 1.54) is 5.57 Å². The van der Waals surface area contributed by atoms with E-state index in [1.807, 2.05) is 13.8 Å². The molecule has 0 aromatic carbocycles. The van der Waals surface area contributed by atoms with Crippen LogP contribution in [0, 0.1) is 61.6 Å². The zero-order valence-electron chi connectivity index (χ0n) is 37.9. The smallest absolute Gasteiger partial charge is 0.326 e. The zero-order chi connectivity index (χ0) is 43.3. The number of esters is 1. The van der Waals surface area contributed by atoms with Crippen molar-refractivity contribution in [1.29, 1.82) is 0 Å². The molecule has 0 spiro atoms. The zero-order valence-corrected chi connectivity index (χ0v) is 37.9. The Morgan fingerprint density at radius 1 is 0.845 bits per heavy atom. The minimum atomic E-state index is -1.01. The van der Waals surface area contributed by atoms with Crippen molar-refractivity contribution < 1.29 is 38.9 Å². The van der Waals surface area contributed by atoms with Gasteiger partial charge >= 0.3 is 17.9 Å². The van der Waals surface area contributed by atoms with Gasteiger partial charge in [0.1, 0.15) is 12.1 Å². The normalized spacial score (nSPS) is 35.5. The van der Waals surface area contributed by atoms with Gasteiger partial charge in [0.05, 0.1) is 18.3 Å². The Labute approximate surface area is 349 Å². The van der Waals surface area contributed by atoms with Crippen molar-refractivity contribution >= 4 is 29.7 Å². The van der Waals surface area contributed by atoms with Crippen molar-refractivity contribution in [3.63, 3.8) is 0 Å². The van der Waals surface area contributed by atoms with Crippen LogP contribution in [-0.2, 0) is 28.7 Å². The van der Waals surface area contributed by atoms with Gasteiger partial charge in [-0.3, -0.25) is 19.2 Å². The second-order valence-corrected chi connectivity index (χ2v) is 22.8. The maximum absolute atomic E-state index is 14.5. The Hall–Kier alpha value is -2.91. The van der Waals surface area contributed by atoms with Gasteiger partial charge in [-0.15, -0.1) is 0 Å². The largest absolute Gasteiger partial charge is 0.481 e. The third-order valence-electron chi connectivity index (χ3n) is 17.2. The van der Waals surface area contributed by atoms with E-state index >= 15 is 0 Å². The van der Waals surface area contributed by atoms with Crippen molar-refractivity contribution in [2.45, 2.75) is 191 Å². The summed E-state index contributed by atoms with van der Waals surface area (Å²) in [6.45, 7) is 24.7. The van der Waals surface area contributed by atoms with Crippen LogP contribution >= 0.6 is 0 Å².